The number of hydrogen-bond acceptors (Lipinski definition) is 7. The maximum absolute atomic E-state index is 12.2. The van der Waals surface area contributed by atoms with Crippen LogP contribution in [0.1, 0.15) is 61.3 Å². The Hall–Kier alpha value is -3.10. The molecule has 1 saturated carbocycles. The van der Waals surface area contributed by atoms with Gasteiger partial charge in [-0.05, 0) is 36.5 Å². The number of nitrogens with zero attached hydrogens (tertiary/aromatic N) is 3. The molecular weight excluding hydrogens is 456 g/mol. The summed E-state index contributed by atoms with van der Waals surface area (Å²) >= 11 is 0. The first-order valence-electron chi connectivity index (χ1n) is 13.1. The molecule has 3 aromatic rings. The molecule has 2 saturated heterocycles. The Balaban J connectivity index is 1.23. The molecule has 2 aliphatic carbocycles. The average molecular weight is 487 g/mol. The number of anilines is 1. The van der Waals surface area contributed by atoms with Gasteiger partial charge in [-0.25, -0.2) is 14.8 Å². The van der Waals surface area contributed by atoms with E-state index in [9.17, 15) is 9.90 Å². The summed E-state index contributed by atoms with van der Waals surface area (Å²) in [5.41, 5.74) is 4.51. The van der Waals surface area contributed by atoms with Crippen molar-refractivity contribution in [2.75, 3.05) is 5.32 Å². The molecule has 3 fully saturated rings. The van der Waals surface area contributed by atoms with Crippen molar-refractivity contribution in [2.45, 2.75) is 81.3 Å². The van der Waals surface area contributed by atoms with Crippen LogP contribution in [-0.4, -0.2) is 49.9 Å². The summed E-state index contributed by atoms with van der Waals surface area (Å²) < 4.78 is 12.8. The number of benzene rings is 1. The second-order valence-electron chi connectivity index (χ2n) is 10.9. The summed E-state index contributed by atoms with van der Waals surface area (Å²) in [7, 11) is 0. The van der Waals surface area contributed by atoms with Crippen molar-refractivity contribution in [1.29, 1.82) is 0 Å². The SMILES string of the molecule is O=C(O)C1OC(c2ccnc3c(NC4CCCCC4)ncnc23)C2CC3(Cc4ccccc4C3)OC12. The fourth-order valence-corrected chi connectivity index (χ4v) is 7.02. The van der Waals surface area contributed by atoms with Gasteiger partial charge in [-0.15, -0.1) is 0 Å². The van der Waals surface area contributed by atoms with E-state index in [0.717, 1.165) is 49.0 Å². The Kier molecular flexibility index (Phi) is 5.22. The molecule has 2 N–H and O–H groups in total. The second kappa shape index (κ2) is 8.49. The van der Waals surface area contributed by atoms with Gasteiger partial charge in [0.05, 0.1) is 11.7 Å². The van der Waals surface area contributed by atoms with Crippen LogP contribution < -0.4 is 5.32 Å². The zero-order chi connectivity index (χ0) is 24.3. The van der Waals surface area contributed by atoms with Gasteiger partial charge in [0.15, 0.2) is 11.9 Å². The Morgan fingerprint density at radius 3 is 2.53 bits per heavy atom. The lowest BCUT2D eigenvalue weighted by atomic mass is 9.84. The molecule has 1 spiro atoms. The summed E-state index contributed by atoms with van der Waals surface area (Å²) in [6.07, 6.45) is 9.76. The molecule has 36 heavy (non-hydrogen) atoms. The highest BCUT2D eigenvalue weighted by atomic mass is 16.6. The number of fused-ring (bicyclic) bond motifs is 3. The third kappa shape index (κ3) is 3.58. The molecule has 4 atom stereocenters. The van der Waals surface area contributed by atoms with Gasteiger partial charge in [0.25, 0.3) is 0 Å². The van der Waals surface area contributed by atoms with E-state index in [0.29, 0.717) is 11.6 Å². The summed E-state index contributed by atoms with van der Waals surface area (Å²) in [6.45, 7) is 0. The number of rotatable bonds is 4. The first kappa shape index (κ1) is 22.1. The van der Waals surface area contributed by atoms with Crippen LogP contribution in [0.4, 0.5) is 5.82 Å². The van der Waals surface area contributed by atoms with Crippen molar-refractivity contribution in [1.82, 2.24) is 15.0 Å². The lowest BCUT2D eigenvalue weighted by Crippen LogP contribution is -2.37. The van der Waals surface area contributed by atoms with E-state index in [-0.39, 0.29) is 11.5 Å². The Morgan fingerprint density at radius 2 is 1.78 bits per heavy atom. The van der Waals surface area contributed by atoms with E-state index in [2.05, 4.69) is 44.5 Å². The minimum absolute atomic E-state index is 0.0734. The number of carbonyl (C=O) groups is 1. The quantitative estimate of drug-likeness (QED) is 0.564. The van der Waals surface area contributed by atoms with Crippen molar-refractivity contribution in [3.8, 4) is 0 Å². The zero-order valence-corrected chi connectivity index (χ0v) is 20.1. The van der Waals surface area contributed by atoms with E-state index in [4.69, 9.17) is 9.47 Å². The molecule has 4 unspecified atom stereocenters. The fraction of sp³-hybridized carbons (Fsp3) is 0.500. The van der Waals surface area contributed by atoms with Crippen LogP contribution in [-0.2, 0) is 27.1 Å². The maximum atomic E-state index is 12.2. The first-order chi connectivity index (χ1) is 17.6. The van der Waals surface area contributed by atoms with Crippen LogP contribution >= 0.6 is 0 Å². The van der Waals surface area contributed by atoms with Crippen LogP contribution in [0.25, 0.3) is 11.0 Å². The van der Waals surface area contributed by atoms with Gasteiger partial charge in [0, 0.05) is 36.6 Å². The van der Waals surface area contributed by atoms with Crippen LogP contribution in [0.5, 0.6) is 0 Å². The number of carboxylic acid groups (broad SMARTS) is 1. The van der Waals surface area contributed by atoms with Gasteiger partial charge in [-0.3, -0.25) is 4.98 Å². The molecule has 8 heteroatoms. The Labute approximate surface area is 209 Å². The summed E-state index contributed by atoms with van der Waals surface area (Å²) in [6, 6.07) is 10.7. The number of aromatic nitrogens is 3. The third-order valence-corrected chi connectivity index (χ3v) is 8.59. The zero-order valence-electron chi connectivity index (χ0n) is 20.1. The number of carboxylic acids is 1. The second-order valence-corrected chi connectivity index (χ2v) is 10.9. The maximum Gasteiger partial charge on any atom is 0.335 e. The number of hydrogen-bond donors (Lipinski definition) is 2. The smallest absolute Gasteiger partial charge is 0.335 e. The van der Waals surface area contributed by atoms with E-state index in [1.807, 2.05) is 6.07 Å². The van der Waals surface area contributed by atoms with Gasteiger partial charge in [-0.2, -0.15) is 0 Å². The van der Waals surface area contributed by atoms with Gasteiger partial charge >= 0.3 is 5.97 Å². The largest absolute Gasteiger partial charge is 0.479 e. The van der Waals surface area contributed by atoms with Gasteiger partial charge in [0.2, 0.25) is 0 Å². The van der Waals surface area contributed by atoms with Crippen molar-refractivity contribution < 1.29 is 19.4 Å². The molecule has 2 aliphatic heterocycles. The molecule has 0 radical (unpaired) electrons. The minimum Gasteiger partial charge on any atom is -0.479 e. The number of nitrogens with one attached hydrogen (secondary N) is 1. The van der Waals surface area contributed by atoms with Crippen LogP contribution in [0.15, 0.2) is 42.9 Å². The van der Waals surface area contributed by atoms with Crippen LogP contribution in [0.3, 0.4) is 0 Å². The summed E-state index contributed by atoms with van der Waals surface area (Å²) in [5, 5.41) is 13.6. The molecule has 8 nitrogen and oxygen atoms in total. The van der Waals surface area contributed by atoms with Crippen molar-refractivity contribution in [2.24, 2.45) is 5.92 Å². The summed E-state index contributed by atoms with van der Waals surface area (Å²) in [5.74, 6) is -0.313. The average Bonchev–Trinajstić information content (AvgIpc) is 3.54. The standard InChI is InChI=1S/C28H30N4O4/c33-27(34)25-24-20(14-28(36-24)12-16-6-4-5-7-17(16)13-28)23(35-25)19-10-11-29-22-21(19)30-15-31-26(22)32-18-8-2-1-3-9-18/h4-7,10-11,15,18,20,23-25H,1-3,8-9,12-14H2,(H,33,34)(H,30,31,32). The van der Waals surface area contributed by atoms with E-state index in [1.54, 1.807) is 12.5 Å². The molecular formula is C28H30N4O4. The van der Waals surface area contributed by atoms with Crippen molar-refractivity contribution in [3.05, 3.63) is 59.5 Å². The summed E-state index contributed by atoms with van der Waals surface area (Å²) in [4.78, 5) is 26.0. The molecule has 4 aliphatic rings. The van der Waals surface area contributed by atoms with E-state index < -0.39 is 24.3 Å². The monoisotopic (exact) mass is 486 g/mol. The molecule has 0 amide bonds. The van der Waals surface area contributed by atoms with Crippen LogP contribution in [0.2, 0.25) is 0 Å². The normalized spacial score (nSPS) is 28.9. The third-order valence-electron chi connectivity index (χ3n) is 8.59. The molecule has 186 valence electrons. The number of pyridine rings is 1. The molecule has 0 bridgehead atoms. The predicted octanol–water partition coefficient (Wildman–Crippen LogP) is 4.24. The highest BCUT2D eigenvalue weighted by Gasteiger charge is 2.60. The number of ether oxygens (including phenoxy) is 2. The number of aliphatic carboxylic acids is 1. The molecule has 7 rings (SSSR count). The van der Waals surface area contributed by atoms with Crippen LogP contribution in [0, 0.1) is 5.92 Å². The topological polar surface area (TPSA) is 106 Å². The fourth-order valence-electron chi connectivity index (χ4n) is 7.02. The van der Waals surface area contributed by atoms with Crippen molar-refractivity contribution in [3.63, 3.8) is 0 Å². The molecule has 4 heterocycles. The van der Waals surface area contributed by atoms with E-state index in [1.165, 1.54) is 30.4 Å². The first-order valence-corrected chi connectivity index (χ1v) is 13.1. The predicted molar refractivity (Wildman–Crippen MR) is 133 cm³/mol. The van der Waals surface area contributed by atoms with Gasteiger partial charge in [-0.1, -0.05) is 43.5 Å². The lowest BCUT2D eigenvalue weighted by molar-refractivity contribution is -0.160. The Morgan fingerprint density at radius 1 is 1.00 bits per heavy atom. The van der Waals surface area contributed by atoms with Gasteiger partial charge in [0.1, 0.15) is 23.5 Å². The highest BCUT2D eigenvalue weighted by Crippen LogP contribution is 2.55. The highest BCUT2D eigenvalue weighted by molar-refractivity contribution is 5.87. The minimum atomic E-state index is -1.01. The molecule has 2 aromatic heterocycles. The van der Waals surface area contributed by atoms with Crippen molar-refractivity contribution >= 4 is 22.8 Å². The molecule has 1 aromatic carbocycles. The Bertz CT molecular complexity index is 1300. The van der Waals surface area contributed by atoms with Gasteiger partial charge < -0.3 is 19.9 Å². The van der Waals surface area contributed by atoms with E-state index >= 15 is 0 Å². The lowest BCUT2D eigenvalue weighted by Gasteiger charge is -2.27.